The number of ether oxygens (including phenoxy) is 1. The number of carbonyl (C=O) groups excluding carboxylic acids is 1. The highest BCUT2D eigenvalue weighted by Crippen LogP contribution is 2.47. The van der Waals surface area contributed by atoms with E-state index in [0.717, 1.165) is 81.7 Å². The molecule has 0 amide bonds. The highest BCUT2D eigenvalue weighted by Gasteiger charge is 2.32. The van der Waals surface area contributed by atoms with Crippen LogP contribution in [0.1, 0.15) is 69.8 Å². The summed E-state index contributed by atoms with van der Waals surface area (Å²) in [5, 5.41) is 3.98. The van der Waals surface area contributed by atoms with Gasteiger partial charge in [-0.3, -0.25) is 13.8 Å². The molecule has 0 radical (unpaired) electrons. The monoisotopic (exact) mass is 519 g/mol. The van der Waals surface area contributed by atoms with Crippen LogP contribution >= 0.6 is 7.75 Å². The molecule has 9 heteroatoms. The molecule has 2 aromatic rings. The molecule has 1 aromatic heterocycles. The lowest BCUT2D eigenvalue weighted by atomic mass is 9.98. The molecule has 2 fully saturated rings. The number of aromatic nitrogens is 1. The lowest BCUT2D eigenvalue weighted by Crippen LogP contribution is -2.30. The van der Waals surface area contributed by atoms with Crippen molar-refractivity contribution in [2.75, 3.05) is 27.2 Å². The van der Waals surface area contributed by atoms with E-state index in [4.69, 9.17) is 13.8 Å². The number of benzene rings is 1. The van der Waals surface area contributed by atoms with Crippen molar-refractivity contribution in [1.29, 1.82) is 0 Å². The second kappa shape index (κ2) is 13.2. The first kappa shape index (κ1) is 27.3. The zero-order valence-corrected chi connectivity index (χ0v) is 22.7. The Morgan fingerprint density at radius 3 is 2.39 bits per heavy atom. The fourth-order valence-corrected chi connectivity index (χ4v) is 6.59. The summed E-state index contributed by atoms with van der Waals surface area (Å²) in [4.78, 5) is 14.7. The van der Waals surface area contributed by atoms with Gasteiger partial charge in [-0.15, -0.1) is 0 Å². The second-order valence-corrected chi connectivity index (χ2v) is 12.2. The maximum atomic E-state index is 13.8. The van der Waals surface area contributed by atoms with Crippen LogP contribution in [-0.2, 0) is 36.3 Å². The summed E-state index contributed by atoms with van der Waals surface area (Å²) in [6, 6.07) is 8.17. The first-order chi connectivity index (χ1) is 17.4. The van der Waals surface area contributed by atoms with Crippen LogP contribution < -0.4 is 5.09 Å². The largest absolute Gasteiger partial charge is 0.461 e. The van der Waals surface area contributed by atoms with E-state index in [2.05, 4.69) is 36.3 Å². The van der Waals surface area contributed by atoms with Crippen molar-refractivity contribution in [3.05, 3.63) is 36.0 Å². The lowest BCUT2D eigenvalue weighted by Gasteiger charge is -2.28. The van der Waals surface area contributed by atoms with E-state index < -0.39 is 13.7 Å². The van der Waals surface area contributed by atoms with Gasteiger partial charge in [0.1, 0.15) is 19.4 Å². The Morgan fingerprint density at radius 2 is 1.69 bits per heavy atom. The zero-order valence-electron chi connectivity index (χ0n) is 21.8. The van der Waals surface area contributed by atoms with Crippen molar-refractivity contribution in [1.82, 2.24) is 14.6 Å². The van der Waals surface area contributed by atoms with Gasteiger partial charge >= 0.3 is 13.7 Å². The Balaban J connectivity index is 1.43. The van der Waals surface area contributed by atoms with E-state index in [1.54, 1.807) is 0 Å². The smallest absolute Gasteiger partial charge is 0.408 e. The molecule has 2 saturated carbocycles. The third-order valence-corrected chi connectivity index (χ3v) is 8.75. The summed E-state index contributed by atoms with van der Waals surface area (Å²) in [5.41, 5.74) is 2.24. The Bertz CT molecular complexity index is 1030. The molecule has 1 unspecified atom stereocenters. The van der Waals surface area contributed by atoms with Crippen molar-refractivity contribution in [3.8, 4) is 0 Å². The maximum Gasteiger partial charge on any atom is 0.408 e. The van der Waals surface area contributed by atoms with E-state index >= 15 is 0 Å². The molecule has 1 N–H and O–H groups in total. The first-order valence-electron chi connectivity index (χ1n) is 13.5. The van der Waals surface area contributed by atoms with Crippen LogP contribution in [0.15, 0.2) is 30.5 Å². The number of carbonyl (C=O) groups is 1. The number of hydrogen-bond donors (Lipinski definition) is 1. The molecule has 1 aromatic carbocycles. The minimum absolute atomic E-state index is 0.0422. The number of para-hydroxylation sites is 1. The molecule has 2 aliphatic rings. The van der Waals surface area contributed by atoms with Crippen molar-refractivity contribution in [2.24, 2.45) is 0 Å². The Kier molecular flexibility index (Phi) is 10.0. The summed E-state index contributed by atoms with van der Waals surface area (Å²) in [6.07, 6.45) is 12.9. The Hall–Kier alpha value is -1.70. The van der Waals surface area contributed by atoms with Crippen molar-refractivity contribution in [3.63, 3.8) is 0 Å². The van der Waals surface area contributed by atoms with Gasteiger partial charge in [-0.05, 0) is 70.7 Å². The van der Waals surface area contributed by atoms with Gasteiger partial charge in [-0.1, -0.05) is 43.9 Å². The van der Waals surface area contributed by atoms with Crippen LogP contribution in [0.2, 0.25) is 0 Å². The SMILES string of the molecule is CN(C)CCc1cn(COP(=O)(NCC(=O)OC2CCCCC2)OC2CCCCC2)c2ccccc12. The average Bonchev–Trinajstić information content (AvgIpc) is 3.24. The van der Waals surface area contributed by atoms with Gasteiger partial charge in [0.2, 0.25) is 0 Å². The molecule has 0 aliphatic heterocycles. The second-order valence-electron chi connectivity index (χ2n) is 10.4. The summed E-state index contributed by atoms with van der Waals surface area (Å²) in [5.74, 6) is -0.407. The third-order valence-electron chi connectivity index (χ3n) is 7.17. The number of rotatable bonds is 12. The summed E-state index contributed by atoms with van der Waals surface area (Å²) in [6.45, 7) is 0.807. The molecule has 0 saturated heterocycles. The molecule has 8 nitrogen and oxygen atoms in total. The van der Waals surface area contributed by atoms with E-state index in [1.807, 2.05) is 22.8 Å². The number of fused-ring (bicyclic) bond motifs is 1. The van der Waals surface area contributed by atoms with Crippen LogP contribution in [0.3, 0.4) is 0 Å². The number of esters is 1. The summed E-state index contributed by atoms with van der Waals surface area (Å²) >= 11 is 0. The van der Waals surface area contributed by atoms with E-state index in [1.165, 1.54) is 12.0 Å². The van der Waals surface area contributed by atoms with Crippen LogP contribution in [-0.4, -0.2) is 54.8 Å². The number of hydrogen-bond acceptors (Lipinski definition) is 6. The van der Waals surface area contributed by atoms with Crippen LogP contribution in [0, 0.1) is 0 Å². The molecule has 2 aliphatic carbocycles. The molecular formula is C27H42N3O5P. The van der Waals surface area contributed by atoms with Gasteiger partial charge in [-0.25, -0.2) is 9.65 Å². The topological polar surface area (TPSA) is 82.0 Å². The Labute approximate surface area is 215 Å². The molecule has 4 rings (SSSR count). The minimum atomic E-state index is -3.74. The zero-order chi connectivity index (χ0) is 25.4. The van der Waals surface area contributed by atoms with E-state index in [-0.39, 0.29) is 25.5 Å². The van der Waals surface area contributed by atoms with Gasteiger partial charge in [0, 0.05) is 18.1 Å². The normalized spacial score (nSPS) is 19.5. The standard InChI is InChI=1S/C27H42N3O5P/c1-29(2)18-17-22-20-30(26-16-10-9-15-25(22)26)21-33-36(32,35-24-13-7-4-8-14-24)28-19-27(31)34-23-11-5-3-6-12-23/h9-10,15-16,20,23-24H,3-8,11-14,17-19,21H2,1-2H3,(H,28,32). The van der Waals surface area contributed by atoms with Crippen molar-refractivity contribution >= 4 is 24.6 Å². The van der Waals surface area contributed by atoms with Gasteiger partial charge in [0.05, 0.1) is 11.6 Å². The van der Waals surface area contributed by atoms with Gasteiger partial charge in [0.15, 0.2) is 0 Å². The number of nitrogens with one attached hydrogen (secondary N) is 1. The van der Waals surface area contributed by atoms with Gasteiger partial charge < -0.3 is 14.2 Å². The lowest BCUT2D eigenvalue weighted by molar-refractivity contribution is -0.149. The van der Waals surface area contributed by atoms with Gasteiger partial charge in [0.25, 0.3) is 0 Å². The fourth-order valence-electron chi connectivity index (χ4n) is 5.16. The predicted octanol–water partition coefficient (Wildman–Crippen LogP) is 5.64. The molecule has 200 valence electrons. The minimum Gasteiger partial charge on any atom is -0.461 e. The number of nitrogens with zero attached hydrogens (tertiary/aromatic N) is 2. The quantitative estimate of drug-likeness (QED) is 0.287. The van der Waals surface area contributed by atoms with Crippen molar-refractivity contribution < 1.29 is 23.1 Å². The summed E-state index contributed by atoms with van der Waals surface area (Å²) < 4.78 is 33.4. The first-order valence-corrected chi connectivity index (χ1v) is 15.1. The average molecular weight is 520 g/mol. The summed E-state index contributed by atoms with van der Waals surface area (Å²) in [7, 11) is 0.383. The molecule has 36 heavy (non-hydrogen) atoms. The molecule has 0 spiro atoms. The van der Waals surface area contributed by atoms with Crippen LogP contribution in [0.4, 0.5) is 0 Å². The predicted molar refractivity (Wildman–Crippen MR) is 142 cm³/mol. The molecular weight excluding hydrogens is 477 g/mol. The van der Waals surface area contributed by atoms with E-state index in [9.17, 15) is 9.36 Å². The van der Waals surface area contributed by atoms with Crippen molar-refractivity contribution in [2.45, 2.75) is 89.6 Å². The maximum absolute atomic E-state index is 13.8. The third kappa shape index (κ3) is 7.90. The van der Waals surface area contributed by atoms with E-state index in [0.29, 0.717) is 0 Å². The molecule has 1 atom stereocenters. The van der Waals surface area contributed by atoms with Crippen LogP contribution in [0.25, 0.3) is 10.9 Å². The molecule has 1 heterocycles. The highest BCUT2D eigenvalue weighted by molar-refractivity contribution is 7.51. The Morgan fingerprint density at radius 1 is 1.03 bits per heavy atom. The number of likely N-dealkylation sites (N-methyl/N-ethyl adjacent to an activating group) is 1. The fraction of sp³-hybridized carbons (Fsp3) is 0.667. The van der Waals surface area contributed by atoms with Crippen LogP contribution in [0.5, 0.6) is 0 Å². The molecule has 0 bridgehead atoms. The van der Waals surface area contributed by atoms with Gasteiger partial charge in [-0.2, -0.15) is 0 Å². The highest BCUT2D eigenvalue weighted by atomic mass is 31.2.